The summed E-state index contributed by atoms with van der Waals surface area (Å²) in [6, 6.07) is 0. The number of methoxy groups -OCH3 is 1. The SMILES string of the molecule is CCC(C)=CCC(=O)OC. The molecule has 2 heteroatoms. The van der Waals surface area contributed by atoms with Gasteiger partial charge in [-0.15, -0.1) is 0 Å². The number of esters is 1. The van der Waals surface area contributed by atoms with Crippen LogP contribution in [-0.2, 0) is 9.53 Å². The maximum absolute atomic E-state index is 10.6. The van der Waals surface area contributed by atoms with Gasteiger partial charge in [0.2, 0.25) is 0 Å². The highest BCUT2D eigenvalue weighted by atomic mass is 16.5. The molecule has 0 bridgehead atoms. The Morgan fingerprint density at radius 1 is 1.60 bits per heavy atom. The lowest BCUT2D eigenvalue weighted by molar-refractivity contribution is -0.139. The van der Waals surface area contributed by atoms with E-state index < -0.39 is 0 Å². The summed E-state index contributed by atoms with van der Waals surface area (Å²) < 4.78 is 4.46. The second-order valence-corrected chi connectivity index (χ2v) is 2.18. The number of allylic oxidation sites excluding steroid dienone is 1. The Balaban J connectivity index is 3.61. The molecule has 2 nitrogen and oxygen atoms in total. The molecule has 0 aliphatic rings. The van der Waals surface area contributed by atoms with Gasteiger partial charge in [0.05, 0.1) is 13.5 Å². The molecular formula is C8H14O2. The molecule has 0 saturated heterocycles. The van der Waals surface area contributed by atoms with Gasteiger partial charge in [-0.1, -0.05) is 18.6 Å². The van der Waals surface area contributed by atoms with Gasteiger partial charge in [-0.2, -0.15) is 0 Å². The molecule has 0 fully saturated rings. The van der Waals surface area contributed by atoms with Gasteiger partial charge in [0.15, 0.2) is 0 Å². The van der Waals surface area contributed by atoms with Crippen LogP contribution in [0.3, 0.4) is 0 Å². The highest BCUT2D eigenvalue weighted by Crippen LogP contribution is 1.99. The first-order chi connectivity index (χ1) is 4.70. The fourth-order valence-corrected chi connectivity index (χ4v) is 0.485. The number of ether oxygens (including phenoxy) is 1. The zero-order valence-electron chi connectivity index (χ0n) is 6.81. The molecule has 58 valence electrons. The normalized spacial score (nSPS) is 11.3. The van der Waals surface area contributed by atoms with Crippen molar-refractivity contribution in [2.75, 3.05) is 7.11 Å². The van der Waals surface area contributed by atoms with Crippen LogP contribution in [0.25, 0.3) is 0 Å². The van der Waals surface area contributed by atoms with E-state index in [1.54, 1.807) is 0 Å². The minimum absolute atomic E-state index is 0.173. The molecular weight excluding hydrogens is 128 g/mol. The number of carbonyl (C=O) groups excluding carboxylic acids is 1. The predicted octanol–water partition coefficient (Wildman–Crippen LogP) is 1.91. The van der Waals surface area contributed by atoms with Crippen molar-refractivity contribution in [3.8, 4) is 0 Å². The van der Waals surface area contributed by atoms with Crippen molar-refractivity contribution in [2.45, 2.75) is 26.7 Å². The summed E-state index contributed by atoms with van der Waals surface area (Å²) in [7, 11) is 1.40. The highest BCUT2D eigenvalue weighted by Gasteiger charge is 1.94. The van der Waals surface area contributed by atoms with Crippen LogP contribution in [0.15, 0.2) is 11.6 Å². The molecule has 0 rings (SSSR count). The van der Waals surface area contributed by atoms with Crippen LogP contribution in [-0.4, -0.2) is 13.1 Å². The van der Waals surface area contributed by atoms with E-state index in [1.165, 1.54) is 12.7 Å². The van der Waals surface area contributed by atoms with Gasteiger partial charge >= 0.3 is 5.97 Å². The first-order valence-corrected chi connectivity index (χ1v) is 3.43. The molecule has 0 radical (unpaired) electrons. The molecule has 0 atom stereocenters. The van der Waals surface area contributed by atoms with Crippen LogP contribution >= 0.6 is 0 Å². The van der Waals surface area contributed by atoms with Crippen molar-refractivity contribution in [3.63, 3.8) is 0 Å². The number of hydrogen-bond acceptors (Lipinski definition) is 2. The third-order valence-corrected chi connectivity index (χ3v) is 1.40. The summed E-state index contributed by atoms with van der Waals surface area (Å²) in [4.78, 5) is 10.6. The lowest BCUT2D eigenvalue weighted by Crippen LogP contribution is -1.97. The smallest absolute Gasteiger partial charge is 0.309 e. The Labute approximate surface area is 61.9 Å². The minimum Gasteiger partial charge on any atom is -0.469 e. The van der Waals surface area contributed by atoms with E-state index in [9.17, 15) is 4.79 Å². The van der Waals surface area contributed by atoms with E-state index in [0.717, 1.165) is 6.42 Å². The van der Waals surface area contributed by atoms with E-state index in [2.05, 4.69) is 11.7 Å². The molecule has 0 aliphatic heterocycles. The standard InChI is InChI=1S/C8H14O2/c1-4-7(2)5-6-8(9)10-3/h5H,4,6H2,1-3H3. The van der Waals surface area contributed by atoms with Gasteiger partial charge in [0, 0.05) is 0 Å². The topological polar surface area (TPSA) is 26.3 Å². The van der Waals surface area contributed by atoms with Crippen LogP contribution in [0.4, 0.5) is 0 Å². The van der Waals surface area contributed by atoms with Crippen molar-refractivity contribution in [2.24, 2.45) is 0 Å². The van der Waals surface area contributed by atoms with Gasteiger partial charge in [-0.05, 0) is 13.3 Å². The van der Waals surface area contributed by atoms with Crippen molar-refractivity contribution >= 4 is 5.97 Å². The predicted molar refractivity (Wildman–Crippen MR) is 40.7 cm³/mol. The van der Waals surface area contributed by atoms with Gasteiger partial charge in [-0.25, -0.2) is 0 Å². The Kier molecular flexibility index (Phi) is 4.63. The molecule has 10 heavy (non-hydrogen) atoms. The summed E-state index contributed by atoms with van der Waals surface area (Å²) in [5.74, 6) is -0.173. The molecule has 0 aromatic heterocycles. The van der Waals surface area contributed by atoms with Crippen LogP contribution < -0.4 is 0 Å². The summed E-state index contributed by atoms with van der Waals surface area (Å²) in [5.41, 5.74) is 1.23. The average Bonchev–Trinajstić information content (AvgIpc) is 1.99. The number of hydrogen-bond donors (Lipinski definition) is 0. The zero-order valence-corrected chi connectivity index (χ0v) is 6.81. The fourth-order valence-electron chi connectivity index (χ4n) is 0.485. The minimum atomic E-state index is -0.173. The maximum atomic E-state index is 10.6. The summed E-state index contributed by atoms with van der Waals surface area (Å²) in [6.45, 7) is 4.06. The fraction of sp³-hybridized carbons (Fsp3) is 0.625. The summed E-state index contributed by atoms with van der Waals surface area (Å²) in [5, 5.41) is 0. The highest BCUT2D eigenvalue weighted by molar-refractivity contribution is 5.71. The molecule has 0 aliphatic carbocycles. The molecule has 0 aromatic rings. The molecule has 0 aromatic carbocycles. The van der Waals surface area contributed by atoms with E-state index in [0.29, 0.717) is 6.42 Å². The van der Waals surface area contributed by atoms with E-state index >= 15 is 0 Å². The number of carbonyl (C=O) groups is 1. The molecule has 0 amide bonds. The van der Waals surface area contributed by atoms with Crippen LogP contribution in [0.5, 0.6) is 0 Å². The largest absolute Gasteiger partial charge is 0.469 e. The van der Waals surface area contributed by atoms with Crippen molar-refractivity contribution < 1.29 is 9.53 Å². The third kappa shape index (κ3) is 4.13. The second kappa shape index (κ2) is 5.03. The Hall–Kier alpha value is -0.790. The van der Waals surface area contributed by atoms with E-state index in [-0.39, 0.29) is 5.97 Å². The van der Waals surface area contributed by atoms with Gasteiger partial charge < -0.3 is 4.74 Å². The lowest BCUT2D eigenvalue weighted by atomic mass is 10.2. The maximum Gasteiger partial charge on any atom is 0.309 e. The monoisotopic (exact) mass is 142 g/mol. The van der Waals surface area contributed by atoms with E-state index in [4.69, 9.17) is 0 Å². The molecule has 0 spiro atoms. The third-order valence-electron chi connectivity index (χ3n) is 1.40. The molecule has 0 saturated carbocycles. The molecule has 0 N–H and O–H groups in total. The Morgan fingerprint density at radius 2 is 2.20 bits per heavy atom. The van der Waals surface area contributed by atoms with Gasteiger partial charge in [-0.3, -0.25) is 4.79 Å². The average molecular weight is 142 g/mol. The molecule has 0 heterocycles. The van der Waals surface area contributed by atoms with Crippen LogP contribution in [0.2, 0.25) is 0 Å². The van der Waals surface area contributed by atoms with Crippen LogP contribution in [0, 0.1) is 0 Å². The Morgan fingerprint density at radius 3 is 2.60 bits per heavy atom. The quantitative estimate of drug-likeness (QED) is 0.444. The Bertz CT molecular complexity index is 136. The molecule has 0 unspecified atom stereocenters. The summed E-state index contributed by atoms with van der Waals surface area (Å²) >= 11 is 0. The lowest BCUT2D eigenvalue weighted by Gasteiger charge is -1.94. The van der Waals surface area contributed by atoms with Gasteiger partial charge in [0.25, 0.3) is 0 Å². The first-order valence-electron chi connectivity index (χ1n) is 3.43. The first kappa shape index (κ1) is 9.21. The van der Waals surface area contributed by atoms with Crippen molar-refractivity contribution in [1.82, 2.24) is 0 Å². The number of rotatable bonds is 3. The summed E-state index contributed by atoms with van der Waals surface area (Å²) in [6.07, 6.45) is 3.29. The zero-order chi connectivity index (χ0) is 7.98. The van der Waals surface area contributed by atoms with Crippen molar-refractivity contribution in [3.05, 3.63) is 11.6 Å². The van der Waals surface area contributed by atoms with E-state index in [1.807, 2.05) is 13.0 Å². The van der Waals surface area contributed by atoms with Crippen LogP contribution in [0.1, 0.15) is 26.7 Å². The van der Waals surface area contributed by atoms with Crippen molar-refractivity contribution in [1.29, 1.82) is 0 Å². The second-order valence-electron chi connectivity index (χ2n) is 2.18. The van der Waals surface area contributed by atoms with Gasteiger partial charge in [0.1, 0.15) is 0 Å².